The number of aromatic nitrogens is 3. The third-order valence-corrected chi connectivity index (χ3v) is 4.52. The molecular formula is C18H26N4. The maximum absolute atomic E-state index is 4.42. The quantitative estimate of drug-likeness (QED) is 0.890. The van der Waals surface area contributed by atoms with Crippen LogP contribution in [0.15, 0.2) is 30.3 Å². The van der Waals surface area contributed by atoms with E-state index in [1.54, 1.807) is 0 Å². The van der Waals surface area contributed by atoms with Crippen molar-refractivity contribution in [1.82, 2.24) is 20.1 Å². The minimum atomic E-state index is 0.255. The molecule has 0 fully saturated rings. The third kappa shape index (κ3) is 3.55. The second kappa shape index (κ2) is 7.05. The second-order valence-electron chi connectivity index (χ2n) is 6.40. The van der Waals surface area contributed by atoms with E-state index in [0.717, 1.165) is 37.5 Å². The van der Waals surface area contributed by atoms with Gasteiger partial charge < -0.3 is 9.88 Å². The standard InChI is InChI=1S/C18H26N4/c1-14(11-12-16-8-4-3-5-9-16)19-15(2)18-21-20-17-10-6-7-13-22(17)18/h3-5,8-9,14-15,19H,6-7,10-13H2,1-2H3/t14-,15+/m0/s1. The fourth-order valence-corrected chi connectivity index (χ4v) is 3.26. The highest BCUT2D eigenvalue weighted by Gasteiger charge is 2.20. The van der Waals surface area contributed by atoms with Gasteiger partial charge in [0.25, 0.3) is 0 Å². The van der Waals surface area contributed by atoms with E-state index >= 15 is 0 Å². The van der Waals surface area contributed by atoms with Crippen LogP contribution in [0.25, 0.3) is 0 Å². The molecule has 0 amide bonds. The van der Waals surface area contributed by atoms with E-state index in [1.165, 1.54) is 18.4 Å². The minimum Gasteiger partial charge on any atom is -0.314 e. The molecule has 0 saturated heterocycles. The number of rotatable bonds is 6. The minimum absolute atomic E-state index is 0.255. The summed E-state index contributed by atoms with van der Waals surface area (Å²) >= 11 is 0. The molecule has 2 aromatic rings. The molecule has 0 spiro atoms. The molecular weight excluding hydrogens is 272 g/mol. The van der Waals surface area contributed by atoms with Crippen molar-refractivity contribution in [2.24, 2.45) is 0 Å². The summed E-state index contributed by atoms with van der Waals surface area (Å²) in [7, 11) is 0. The number of benzene rings is 1. The number of nitrogens with zero attached hydrogens (tertiary/aromatic N) is 3. The van der Waals surface area contributed by atoms with Gasteiger partial charge in [-0.15, -0.1) is 10.2 Å². The topological polar surface area (TPSA) is 42.7 Å². The summed E-state index contributed by atoms with van der Waals surface area (Å²) in [5.41, 5.74) is 1.41. The lowest BCUT2D eigenvalue weighted by atomic mass is 10.1. The van der Waals surface area contributed by atoms with Crippen molar-refractivity contribution >= 4 is 0 Å². The van der Waals surface area contributed by atoms with Gasteiger partial charge in [-0.25, -0.2) is 0 Å². The van der Waals surface area contributed by atoms with Gasteiger partial charge >= 0.3 is 0 Å². The van der Waals surface area contributed by atoms with Crippen LogP contribution in [0.1, 0.15) is 56.4 Å². The number of fused-ring (bicyclic) bond motifs is 1. The molecule has 1 N–H and O–H groups in total. The number of hydrogen-bond donors (Lipinski definition) is 1. The van der Waals surface area contributed by atoms with Gasteiger partial charge in [-0.3, -0.25) is 0 Å². The predicted molar refractivity (Wildman–Crippen MR) is 88.7 cm³/mol. The zero-order valence-electron chi connectivity index (χ0n) is 13.6. The van der Waals surface area contributed by atoms with Crippen LogP contribution in [0.3, 0.4) is 0 Å². The number of hydrogen-bond acceptors (Lipinski definition) is 3. The Balaban J connectivity index is 1.55. The Morgan fingerprint density at radius 3 is 2.77 bits per heavy atom. The smallest absolute Gasteiger partial charge is 0.149 e. The van der Waals surface area contributed by atoms with Crippen molar-refractivity contribution in [2.75, 3.05) is 0 Å². The second-order valence-corrected chi connectivity index (χ2v) is 6.40. The van der Waals surface area contributed by atoms with Gasteiger partial charge in [0, 0.05) is 19.0 Å². The van der Waals surface area contributed by atoms with E-state index in [2.05, 4.69) is 64.3 Å². The molecule has 0 radical (unpaired) electrons. The third-order valence-electron chi connectivity index (χ3n) is 4.52. The lowest BCUT2D eigenvalue weighted by Gasteiger charge is -2.22. The maximum atomic E-state index is 4.42. The van der Waals surface area contributed by atoms with Crippen LogP contribution in [0.4, 0.5) is 0 Å². The van der Waals surface area contributed by atoms with Crippen LogP contribution >= 0.6 is 0 Å². The Hall–Kier alpha value is -1.68. The van der Waals surface area contributed by atoms with Gasteiger partial charge in [0.15, 0.2) is 0 Å². The highest BCUT2D eigenvalue weighted by Crippen LogP contribution is 2.19. The lowest BCUT2D eigenvalue weighted by molar-refractivity contribution is 0.417. The molecule has 0 bridgehead atoms. The normalized spacial score (nSPS) is 17.0. The molecule has 1 aromatic heterocycles. The Labute approximate surface area is 133 Å². The molecule has 2 atom stereocenters. The zero-order valence-corrected chi connectivity index (χ0v) is 13.6. The van der Waals surface area contributed by atoms with Gasteiger partial charge in [0.1, 0.15) is 11.6 Å². The summed E-state index contributed by atoms with van der Waals surface area (Å²) < 4.78 is 2.31. The molecule has 2 heterocycles. The lowest BCUT2D eigenvalue weighted by Crippen LogP contribution is -2.31. The van der Waals surface area contributed by atoms with Crippen LogP contribution in [0.2, 0.25) is 0 Å². The highest BCUT2D eigenvalue weighted by atomic mass is 15.3. The molecule has 1 aromatic carbocycles. The number of nitrogens with one attached hydrogen (secondary N) is 1. The summed E-state index contributed by atoms with van der Waals surface area (Å²) in [5.74, 6) is 2.26. The fraction of sp³-hybridized carbons (Fsp3) is 0.556. The van der Waals surface area contributed by atoms with Crippen LogP contribution in [-0.4, -0.2) is 20.8 Å². The first-order chi connectivity index (χ1) is 10.7. The van der Waals surface area contributed by atoms with E-state index in [1.807, 2.05) is 0 Å². The molecule has 4 heteroatoms. The van der Waals surface area contributed by atoms with E-state index in [-0.39, 0.29) is 6.04 Å². The summed E-state index contributed by atoms with van der Waals surface area (Å²) in [6.45, 7) is 5.53. The van der Waals surface area contributed by atoms with E-state index in [9.17, 15) is 0 Å². The van der Waals surface area contributed by atoms with Gasteiger partial charge in [0.2, 0.25) is 0 Å². The van der Waals surface area contributed by atoms with Crippen molar-refractivity contribution in [1.29, 1.82) is 0 Å². The monoisotopic (exact) mass is 298 g/mol. The summed E-state index contributed by atoms with van der Waals surface area (Å²) in [6, 6.07) is 11.4. The Morgan fingerprint density at radius 1 is 1.14 bits per heavy atom. The highest BCUT2D eigenvalue weighted by molar-refractivity contribution is 5.14. The molecule has 4 nitrogen and oxygen atoms in total. The van der Waals surface area contributed by atoms with E-state index in [0.29, 0.717) is 6.04 Å². The molecule has 22 heavy (non-hydrogen) atoms. The van der Waals surface area contributed by atoms with Crippen LogP contribution < -0.4 is 5.32 Å². The first-order valence-electron chi connectivity index (χ1n) is 8.46. The molecule has 0 unspecified atom stereocenters. The Kier molecular flexibility index (Phi) is 4.88. The van der Waals surface area contributed by atoms with Crippen LogP contribution in [-0.2, 0) is 19.4 Å². The molecule has 118 valence electrons. The summed E-state index contributed by atoms with van der Waals surface area (Å²) in [5, 5.41) is 12.5. The largest absolute Gasteiger partial charge is 0.314 e. The van der Waals surface area contributed by atoms with Crippen molar-refractivity contribution in [3.05, 3.63) is 47.5 Å². The Bertz CT molecular complexity index is 590. The van der Waals surface area contributed by atoms with Gasteiger partial charge in [-0.2, -0.15) is 0 Å². The SMILES string of the molecule is C[C@@H](CCc1ccccc1)N[C@H](C)c1nnc2n1CCCC2. The number of aryl methyl sites for hydroxylation is 2. The van der Waals surface area contributed by atoms with Crippen LogP contribution in [0, 0.1) is 0 Å². The average Bonchev–Trinajstić information content (AvgIpc) is 2.98. The van der Waals surface area contributed by atoms with E-state index < -0.39 is 0 Å². The fourth-order valence-electron chi connectivity index (χ4n) is 3.26. The molecule has 0 saturated carbocycles. The van der Waals surface area contributed by atoms with E-state index in [4.69, 9.17) is 0 Å². The maximum Gasteiger partial charge on any atom is 0.149 e. The molecule has 0 aliphatic carbocycles. The Morgan fingerprint density at radius 2 is 1.95 bits per heavy atom. The van der Waals surface area contributed by atoms with Crippen molar-refractivity contribution in [2.45, 2.75) is 64.6 Å². The van der Waals surface area contributed by atoms with Crippen LogP contribution in [0.5, 0.6) is 0 Å². The zero-order chi connectivity index (χ0) is 15.4. The van der Waals surface area contributed by atoms with Gasteiger partial charge in [-0.1, -0.05) is 30.3 Å². The van der Waals surface area contributed by atoms with Crippen molar-refractivity contribution < 1.29 is 0 Å². The predicted octanol–water partition coefficient (Wildman–Crippen LogP) is 3.29. The first-order valence-corrected chi connectivity index (χ1v) is 8.46. The molecule has 3 rings (SSSR count). The van der Waals surface area contributed by atoms with Gasteiger partial charge in [0.05, 0.1) is 6.04 Å². The summed E-state index contributed by atoms with van der Waals surface area (Å²) in [6.07, 6.45) is 5.81. The van der Waals surface area contributed by atoms with Crippen molar-refractivity contribution in [3.8, 4) is 0 Å². The average molecular weight is 298 g/mol. The molecule has 1 aliphatic rings. The molecule has 1 aliphatic heterocycles. The first kappa shape index (κ1) is 15.2. The van der Waals surface area contributed by atoms with Gasteiger partial charge in [-0.05, 0) is 45.1 Å². The summed E-state index contributed by atoms with van der Waals surface area (Å²) in [4.78, 5) is 0. The van der Waals surface area contributed by atoms with Crippen molar-refractivity contribution in [3.63, 3.8) is 0 Å².